The van der Waals surface area contributed by atoms with Crippen LogP contribution in [0.2, 0.25) is 0 Å². The van der Waals surface area contributed by atoms with E-state index in [1.54, 1.807) is 0 Å². The molecule has 0 N–H and O–H groups in total. The van der Waals surface area contributed by atoms with E-state index in [2.05, 4.69) is 0 Å². The van der Waals surface area contributed by atoms with Crippen LogP contribution in [0.25, 0.3) is 0 Å². The average Bonchev–Trinajstić information content (AvgIpc) is 2.67. The van der Waals surface area contributed by atoms with E-state index in [1.165, 1.54) is 11.4 Å². The average molecular weight is 334 g/mol. The van der Waals surface area contributed by atoms with Gasteiger partial charge in [-0.05, 0) is 12.8 Å². The van der Waals surface area contributed by atoms with Crippen LogP contribution < -0.4 is 0 Å². The largest absolute Gasteiger partial charge is 0.383 e. The molecule has 9 heteroatoms. The Morgan fingerprint density at radius 2 is 2.11 bits per heavy atom. The lowest BCUT2D eigenvalue weighted by Gasteiger charge is -2.27. The molecule has 0 aromatic rings. The van der Waals surface area contributed by atoms with Crippen molar-refractivity contribution in [1.82, 2.24) is 4.31 Å². The fourth-order valence-electron chi connectivity index (χ4n) is 2.09. The lowest BCUT2D eigenvalue weighted by atomic mass is 10.3. The molecule has 0 bridgehead atoms. The highest BCUT2D eigenvalue weighted by molar-refractivity contribution is 7.92. The van der Waals surface area contributed by atoms with Crippen LogP contribution in [-0.2, 0) is 24.6 Å². The maximum Gasteiger partial charge on any atom is 0.214 e. The predicted octanol–water partition coefficient (Wildman–Crippen LogP) is 0.0806. The monoisotopic (exact) mass is 333 g/mol. The summed E-state index contributed by atoms with van der Waals surface area (Å²) in [5.74, 6) is 0.153. The van der Waals surface area contributed by atoms with Gasteiger partial charge >= 0.3 is 0 Å². The SMILES string of the molecule is COCCN(C1CCS(=O)(=O)C1)S(=O)(=O)CCCCl. The van der Waals surface area contributed by atoms with Gasteiger partial charge in [0.05, 0.1) is 23.9 Å². The second-order valence-corrected chi connectivity index (χ2v) is 9.17. The first kappa shape index (κ1) is 17.2. The van der Waals surface area contributed by atoms with E-state index >= 15 is 0 Å². The van der Waals surface area contributed by atoms with E-state index in [4.69, 9.17) is 16.3 Å². The van der Waals surface area contributed by atoms with Crippen LogP contribution in [0.3, 0.4) is 0 Å². The summed E-state index contributed by atoms with van der Waals surface area (Å²) in [6, 6.07) is -0.472. The van der Waals surface area contributed by atoms with Crippen LogP contribution in [0.5, 0.6) is 0 Å². The van der Waals surface area contributed by atoms with Gasteiger partial charge in [-0.1, -0.05) is 0 Å². The van der Waals surface area contributed by atoms with Gasteiger partial charge in [0.15, 0.2) is 9.84 Å². The summed E-state index contributed by atoms with van der Waals surface area (Å²) in [6.07, 6.45) is 0.707. The molecular formula is C10H20ClNO5S2. The van der Waals surface area contributed by atoms with Crippen molar-refractivity contribution >= 4 is 31.5 Å². The van der Waals surface area contributed by atoms with Crippen molar-refractivity contribution in [3.63, 3.8) is 0 Å². The van der Waals surface area contributed by atoms with Crippen LogP contribution in [0, 0.1) is 0 Å². The van der Waals surface area contributed by atoms with E-state index in [9.17, 15) is 16.8 Å². The summed E-state index contributed by atoms with van der Waals surface area (Å²) in [5, 5.41) is 0. The van der Waals surface area contributed by atoms with Gasteiger partial charge < -0.3 is 4.74 Å². The van der Waals surface area contributed by atoms with E-state index < -0.39 is 25.9 Å². The molecule has 1 aliphatic heterocycles. The lowest BCUT2D eigenvalue weighted by molar-refractivity contribution is 0.169. The molecule has 0 radical (unpaired) electrons. The molecule has 1 heterocycles. The highest BCUT2D eigenvalue weighted by atomic mass is 35.5. The molecule has 0 spiro atoms. The van der Waals surface area contributed by atoms with Gasteiger partial charge in [-0.25, -0.2) is 16.8 Å². The first-order chi connectivity index (χ1) is 8.82. The zero-order valence-corrected chi connectivity index (χ0v) is 13.3. The number of halogens is 1. The number of sulfonamides is 1. The Morgan fingerprint density at radius 1 is 1.42 bits per heavy atom. The van der Waals surface area contributed by atoms with Crippen LogP contribution in [0.15, 0.2) is 0 Å². The van der Waals surface area contributed by atoms with Gasteiger partial charge in [0.25, 0.3) is 0 Å². The Balaban J connectivity index is 2.83. The molecule has 1 fully saturated rings. The number of nitrogens with zero attached hydrogens (tertiary/aromatic N) is 1. The lowest BCUT2D eigenvalue weighted by Crippen LogP contribution is -2.44. The van der Waals surface area contributed by atoms with Crippen molar-refractivity contribution in [2.45, 2.75) is 18.9 Å². The normalized spacial score (nSPS) is 23.0. The molecule has 1 atom stereocenters. The number of alkyl halides is 1. The zero-order chi connectivity index (χ0) is 14.5. The highest BCUT2D eigenvalue weighted by Gasteiger charge is 2.37. The van der Waals surface area contributed by atoms with E-state index in [-0.39, 0.29) is 36.3 Å². The maximum atomic E-state index is 12.2. The Kier molecular flexibility index (Phi) is 6.52. The van der Waals surface area contributed by atoms with Gasteiger partial charge in [0.2, 0.25) is 10.0 Å². The van der Waals surface area contributed by atoms with Crippen molar-refractivity contribution in [3.8, 4) is 0 Å². The van der Waals surface area contributed by atoms with E-state index in [0.717, 1.165) is 0 Å². The minimum absolute atomic E-state index is 0.0478. The molecule has 6 nitrogen and oxygen atoms in total. The van der Waals surface area contributed by atoms with Crippen molar-refractivity contribution in [2.75, 3.05) is 43.4 Å². The van der Waals surface area contributed by atoms with Crippen molar-refractivity contribution in [1.29, 1.82) is 0 Å². The number of methoxy groups -OCH3 is 1. The van der Waals surface area contributed by atoms with Crippen LogP contribution in [-0.4, -0.2) is 70.6 Å². The predicted molar refractivity (Wildman–Crippen MR) is 74.8 cm³/mol. The molecule has 1 aliphatic rings. The fraction of sp³-hybridized carbons (Fsp3) is 1.00. The van der Waals surface area contributed by atoms with Gasteiger partial charge in [-0.2, -0.15) is 4.31 Å². The minimum atomic E-state index is -3.49. The molecule has 114 valence electrons. The third kappa shape index (κ3) is 5.18. The first-order valence-corrected chi connectivity index (χ1v) is 10.0. The molecule has 0 aliphatic carbocycles. The second-order valence-electron chi connectivity index (χ2n) is 4.52. The van der Waals surface area contributed by atoms with E-state index in [1.807, 2.05) is 0 Å². The Labute approximate surface area is 120 Å². The summed E-state index contributed by atoms with van der Waals surface area (Å²) in [4.78, 5) is 0. The Hall–Kier alpha value is 0.110. The second kappa shape index (κ2) is 7.21. The standard InChI is InChI=1S/C10H20ClNO5S2/c1-17-6-5-12(19(15,16)7-2-4-11)10-3-8-18(13,14)9-10/h10H,2-9H2,1H3. The van der Waals surface area contributed by atoms with Crippen molar-refractivity contribution in [3.05, 3.63) is 0 Å². The Morgan fingerprint density at radius 3 is 2.58 bits per heavy atom. The molecule has 1 saturated heterocycles. The molecule has 1 rings (SSSR count). The molecule has 0 saturated carbocycles. The Bertz CT molecular complexity index is 476. The van der Waals surface area contributed by atoms with Crippen LogP contribution in [0.1, 0.15) is 12.8 Å². The summed E-state index contributed by atoms with van der Waals surface area (Å²) in [6.45, 7) is 0.429. The van der Waals surface area contributed by atoms with Crippen molar-refractivity contribution < 1.29 is 21.6 Å². The van der Waals surface area contributed by atoms with Crippen molar-refractivity contribution in [2.24, 2.45) is 0 Å². The highest BCUT2D eigenvalue weighted by Crippen LogP contribution is 2.21. The van der Waals surface area contributed by atoms with Crippen LogP contribution >= 0.6 is 11.6 Å². The van der Waals surface area contributed by atoms with Gasteiger partial charge in [0.1, 0.15) is 0 Å². The summed E-state index contributed by atoms with van der Waals surface area (Å²) in [5.41, 5.74) is 0. The zero-order valence-electron chi connectivity index (χ0n) is 10.9. The smallest absolute Gasteiger partial charge is 0.214 e. The summed E-state index contributed by atoms with van der Waals surface area (Å²) < 4.78 is 53.6. The third-order valence-corrected chi connectivity index (χ3v) is 7.04. The number of hydrogen-bond donors (Lipinski definition) is 0. The first-order valence-electron chi connectivity index (χ1n) is 6.07. The quantitative estimate of drug-likeness (QED) is 0.588. The summed E-state index contributed by atoms with van der Waals surface area (Å²) in [7, 11) is -5.12. The molecule has 0 amide bonds. The molecule has 1 unspecified atom stereocenters. The third-order valence-electron chi connectivity index (χ3n) is 3.02. The minimum Gasteiger partial charge on any atom is -0.383 e. The number of hydrogen-bond acceptors (Lipinski definition) is 5. The topological polar surface area (TPSA) is 80.8 Å². The number of ether oxygens (including phenoxy) is 1. The molecular weight excluding hydrogens is 314 g/mol. The van der Waals surface area contributed by atoms with Gasteiger partial charge in [-0.15, -0.1) is 11.6 Å². The molecule has 0 aromatic carbocycles. The van der Waals surface area contributed by atoms with Gasteiger partial charge in [0, 0.05) is 25.6 Å². The van der Waals surface area contributed by atoms with Gasteiger partial charge in [-0.3, -0.25) is 0 Å². The summed E-state index contributed by atoms with van der Waals surface area (Å²) >= 11 is 5.52. The van der Waals surface area contributed by atoms with E-state index in [0.29, 0.717) is 12.8 Å². The maximum absolute atomic E-state index is 12.2. The number of rotatable bonds is 8. The van der Waals surface area contributed by atoms with Crippen LogP contribution in [0.4, 0.5) is 0 Å². The fourth-order valence-corrected chi connectivity index (χ4v) is 5.93. The molecule has 0 aromatic heterocycles. The number of sulfone groups is 1. The molecule has 19 heavy (non-hydrogen) atoms.